The van der Waals surface area contributed by atoms with Crippen LogP contribution in [-0.4, -0.2) is 21.0 Å². The number of hydrogen-bond acceptors (Lipinski definition) is 4. The van der Waals surface area contributed by atoms with E-state index >= 15 is 0 Å². The minimum absolute atomic E-state index is 0.476. The second-order valence-corrected chi connectivity index (χ2v) is 3.04. The molecule has 0 atom stereocenters. The van der Waals surface area contributed by atoms with Crippen molar-refractivity contribution in [2.24, 2.45) is 0 Å². The number of nitrogens with zero attached hydrogens (tertiary/aromatic N) is 1. The van der Waals surface area contributed by atoms with Gasteiger partial charge in [-0.2, -0.15) is 0 Å². The Morgan fingerprint density at radius 1 is 1.59 bits per heavy atom. The number of halogens is 2. The maximum atomic E-state index is 12.5. The fourth-order valence-corrected chi connectivity index (χ4v) is 1.28. The first-order chi connectivity index (χ1) is 7.82. The van der Waals surface area contributed by atoms with Gasteiger partial charge in [-0.25, -0.2) is 8.78 Å². The Balaban J connectivity index is 3.52. The predicted octanol–water partition coefficient (Wildman–Crippen LogP) is 0.848. The van der Waals surface area contributed by atoms with Gasteiger partial charge in [0.25, 0.3) is 17.7 Å². The lowest BCUT2D eigenvalue weighted by Gasteiger charge is -2.06. The van der Waals surface area contributed by atoms with E-state index in [-0.39, 0.29) is 0 Å². The lowest BCUT2D eigenvalue weighted by molar-refractivity contribution is -0.385. The van der Waals surface area contributed by atoms with Crippen LogP contribution >= 0.6 is 0 Å². The molecule has 0 radical (unpaired) electrons. The summed E-state index contributed by atoms with van der Waals surface area (Å²) in [6.07, 6.45) is -4.16. The third kappa shape index (κ3) is 2.83. The van der Waals surface area contributed by atoms with E-state index in [0.717, 1.165) is 0 Å². The Bertz CT molecular complexity index is 525. The van der Waals surface area contributed by atoms with Crippen LogP contribution in [0.3, 0.4) is 0 Å². The Morgan fingerprint density at radius 2 is 2.18 bits per heavy atom. The van der Waals surface area contributed by atoms with E-state index in [1.54, 1.807) is 4.98 Å². The van der Waals surface area contributed by atoms with Gasteiger partial charge in [0, 0.05) is 0 Å². The van der Waals surface area contributed by atoms with Crippen molar-refractivity contribution in [2.75, 3.05) is 0 Å². The molecule has 1 rings (SSSR count). The number of aliphatic carboxylic acids is 1. The van der Waals surface area contributed by atoms with E-state index in [4.69, 9.17) is 5.11 Å². The van der Waals surface area contributed by atoms with E-state index in [2.05, 4.69) is 0 Å². The van der Waals surface area contributed by atoms with E-state index < -0.39 is 46.2 Å². The van der Waals surface area contributed by atoms with Crippen LogP contribution in [0.15, 0.2) is 10.9 Å². The molecule has 1 aromatic rings. The molecule has 0 spiro atoms. The summed E-state index contributed by atoms with van der Waals surface area (Å²) in [5.41, 5.74) is -3.74. The number of carbonyl (C=O) groups is 1. The highest BCUT2D eigenvalue weighted by molar-refractivity contribution is 5.72. The van der Waals surface area contributed by atoms with E-state index in [0.29, 0.717) is 6.07 Å². The number of rotatable bonds is 4. The van der Waals surface area contributed by atoms with Crippen molar-refractivity contribution in [1.82, 2.24) is 4.98 Å². The molecule has 0 aliphatic heterocycles. The quantitative estimate of drug-likeness (QED) is 0.605. The first-order valence-electron chi connectivity index (χ1n) is 4.23. The lowest BCUT2D eigenvalue weighted by Crippen LogP contribution is -2.16. The summed E-state index contributed by atoms with van der Waals surface area (Å²) in [6, 6.07) is 0.476. The summed E-state index contributed by atoms with van der Waals surface area (Å²) in [5.74, 6) is -1.51. The van der Waals surface area contributed by atoms with Gasteiger partial charge in [-0.15, -0.1) is 0 Å². The van der Waals surface area contributed by atoms with Crippen molar-refractivity contribution in [3.8, 4) is 0 Å². The minimum Gasteiger partial charge on any atom is -0.481 e. The third-order valence-electron chi connectivity index (χ3n) is 1.90. The van der Waals surface area contributed by atoms with Gasteiger partial charge in [0.15, 0.2) is 0 Å². The molecular weight excluding hydrogens is 242 g/mol. The van der Waals surface area contributed by atoms with Gasteiger partial charge in [0.05, 0.1) is 28.7 Å². The highest BCUT2D eigenvalue weighted by Crippen LogP contribution is 2.26. The van der Waals surface area contributed by atoms with Gasteiger partial charge in [-0.05, 0) is 0 Å². The fraction of sp³-hybridized carbons (Fsp3) is 0.250. The number of H-pyrrole nitrogens is 1. The number of aromatic amines is 1. The van der Waals surface area contributed by atoms with Crippen LogP contribution in [0.25, 0.3) is 0 Å². The number of carboxylic acids is 1. The summed E-state index contributed by atoms with van der Waals surface area (Å²) in [7, 11) is 0. The molecule has 0 saturated carbocycles. The number of hydrogen-bond donors (Lipinski definition) is 2. The van der Waals surface area contributed by atoms with Crippen molar-refractivity contribution in [2.45, 2.75) is 12.8 Å². The lowest BCUT2D eigenvalue weighted by atomic mass is 10.1. The molecule has 0 aromatic carbocycles. The molecule has 17 heavy (non-hydrogen) atoms. The highest BCUT2D eigenvalue weighted by atomic mass is 19.3. The molecule has 9 heteroatoms. The minimum atomic E-state index is -3.20. The van der Waals surface area contributed by atoms with Crippen molar-refractivity contribution in [1.29, 1.82) is 0 Å². The summed E-state index contributed by atoms with van der Waals surface area (Å²) in [5, 5.41) is 19.0. The largest absolute Gasteiger partial charge is 0.481 e. The van der Waals surface area contributed by atoms with E-state index in [9.17, 15) is 28.5 Å². The summed E-state index contributed by atoms with van der Waals surface area (Å²) < 4.78 is 25.0. The molecule has 0 unspecified atom stereocenters. The van der Waals surface area contributed by atoms with Crippen molar-refractivity contribution >= 4 is 11.7 Å². The van der Waals surface area contributed by atoms with Gasteiger partial charge in [0.2, 0.25) is 0 Å². The topological polar surface area (TPSA) is 113 Å². The summed E-state index contributed by atoms with van der Waals surface area (Å²) in [6.45, 7) is 0. The van der Waals surface area contributed by atoms with Crippen LogP contribution in [0.5, 0.6) is 0 Å². The zero-order chi connectivity index (χ0) is 13.2. The zero-order valence-electron chi connectivity index (χ0n) is 8.15. The van der Waals surface area contributed by atoms with Crippen LogP contribution in [0.2, 0.25) is 0 Å². The number of nitro groups is 1. The average Bonchev–Trinajstić information content (AvgIpc) is 2.18. The molecule has 0 bridgehead atoms. The first kappa shape index (κ1) is 12.7. The summed E-state index contributed by atoms with van der Waals surface area (Å²) >= 11 is 0. The first-order valence-corrected chi connectivity index (χ1v) is 4.23. The number of nitrogens with one attached hydrogen (secondary N) is 1. The summed E-state index contributed by atoms with van der Waals surface area (Å²) in [4.78, 5) is 32.5. The molecule has 1 aromatic heterocycles. The number of carboxylic acid groups (broad SMARTS) is 1. The molecule has 0 aliphatic rings. The fourth-order valence-electron chi connectivity index (χ4n) is 1.28. The van der Waals surface area contributed by atoms with Crippen molar-refractivity contribution < 1.29 is 23.6 Å². The van der Waals surface area contributed by atoms with Gasteiger partial charge < -0.3 is 10.1 Å². The molecule has 7 nitrogen and oxygen atoms in total. The molecule has 0 aliphatic carbocycles. The van der Waals surface area contributed by atoms with Gasteiger partial charge in [0.1, 0.15) is 0 Å². The predicted molar refractivity (Wildman–Crippen MR) is 50.0 cm³/mol. The normalized spacial score (nSPS) is 10.5. The standard InChI is InChI=1S/C8H6F2N2O5/c9-8(10)7-3(1-6(14)15)4(12(16)17)2-5(13)11-7/h2,8H,1H2,(H,11,13)(H,14,15). The van der Waals surface area contributed by atoms with Gasteiger partial charge in [-0.3, -0.25) is 19.7 Å². The molecular formula is C8H6F2N2O5. The highest BCUT2D eigenvalue weighted by Gasteiger charge is 2.26. The molecule has 1 heterocycles. The molecule has 0 fully saturated rings. The number of aromatic nitrogens is 1. The third-order valence-corrected chi connectivity index (χ3v) is 1.90. The monoisotopic (exact) mass is 248 g/mol. The van der Waals surface area contributed by atoms with Crippen LogP contribution < -0.4 is 5.56 Å². The van der Waals surface area contributed by atoms with Crippen molar-refractivity contribution in [3.05, 3.63) is 37.8 Å². The molecule has 2 N–H and O–H groups in total. The molecule has 92 valence electrons. The molecule has 0 saturated heterocycles. The molecule has 0 amide bonds. The zero-order valence-corrected chi connectivity index (χ0v) is 8.15. The van der Waals surface area contributed by atoms with E-state index in [1.165, 1.54) is 0 Å². The van der Waals surface area contributed by atoms with Gasteiger partial charge in [-0.1, -0.05) is 0 Å². The van der Waals surface area contributed by atoms with Crippen molar-refractivity contribution in [3.63, 3.8) is 0 Å². The van der Waals surface area contributed by atoms with Crippen LogP contribution in [0.1, 0.15) is 17.7 Å². The Labute approximate surface area is 91.8 Å². The van der Waals surface area contributed by atoms with Gasteiger partial charge >= 0.3 is 5.97 Å². The number of alkyl halides is 2. The second kappa shape index (κ2) is 4.68. The Hall–Kier alpha value is -2.32. The van der Waals surface area contributed by atoms with E-state index in [1.807, 2.05) is 0 Å². The van der Waals surface area contributed by atoms with Crippen LogP contribution in [-0.2, 0) is 11.2 Å². The van der Waals surface area contributed by atoms with Crippen LogP contribution in [0.4, 0.5) is 14.5 Å². The second-order valence-electron chi connectivity index (χ2n) is 3.04. The Morgan fingerprint density at radius 3 is 2.59 bits per heavy atom. The number of pyridine rings is 1. The maximum absolute atomic E-state index is 12.5. The smallest absolute Gasteiger partial charge is 0.308 e. The maximum Gasteiger partial charge on any atom is 0.308 e. The average molecular weight is 248 g/mol. The SMILES string of the molecule is O=C(O)Cc1c([N+](=O)[O-])cc(=O)[nH]c1C(F)F. The van der Waals surface area contributed by atoms with Crippen LogP contribution in [0, 0.1) is 10.1 Å². The Kier molecular flexibility index (Phi) is 3.51.